The van der Waals surface area contributed by atoms with Crippen molar-refractivity contribution in [1.82, 2.24) is 14.5 Å². The standard InChI is InChI=1S/C23H21ClN4O3S.ClH/c1-15-11-16(24)12-20-21(15)26-23(32-20)28(9-4-8-27-10-7-25-14-27)22(29)19-13-30-17-5-2-3-6-18(17)31-19;/h2-3,5-7,10-12,14,19H,4,8-9,13H2,1H3;1H. The van der Waals surface area contributed by atoms with Crippen LogP contribution in [0.15, 0.2) is 55.1 Å². The number of fused-ring (bicyclic) bond motifs is 2. The Morgan fingerprint density at radius 3 is 2.91 bits per heavy atom. The average Bonchev–Trinajstić information content (AvgIpc) is 3.46. The lowest BCUT2D eigenvalue weighted by Crippen LogP contribution is -2.47. The van der Waals surface area contributed by atoms with Crippen molar-refractivity contribution < 1.29 is 14.3 Å². The molecule has 33 heavy (non-hydrogen) atoms. The first-order chi connectivity index (χ1) is 15.6. The maximum atomic E-state index is 13.6. The fraction of sp³-hybridized carbons (Fsp3) is 0.261. The molecule has 0 saturated heterocycles. The third kappa shape index (κ3) is 4.93. The summed E-state index contributed by atoms with van der Waals surface area (Å²) < 4.78 is 14.7. The zero-order chi connectivity index (χ0) is 22.1. The molecule has 0 bridgehead atoms. The molecule has 0 radical (unpaired) electrons. The van der Waals surface area contributed by atoms with Crippen LogP contribution in [0.1, 0.15) is 12.0 Å². The van der Waals surface area contributed by atoms with Gasteiger partial charge in [-0.05, 0) is 43.2 Å². The molecular formula is C23H22Cl2N4O3S. The van der Waals surface area contributed by atoms with Gasteiger partial charge in [-0.25, -0.2) is 9.97 Å². The minimum Gasteiger partial charge on any atom is -0.485 e. The summed E-state index contributed by atoms with van der Waals surface area (Å²) >= 11 is 7.69. The van der Waals surface area contributed by atoms with Gasteiger partial charge in [0.05, 0.1) is 16.5 Å². The second-order valence-electron chi connectivity index (χ2n) is 7.57. The first-order valence-corrected chi connectivity index (χ1v) is 11.5. The molecule has 7 nitrogen and oxygen atoms in total. The van der Waals surface area contributed by atoms with E-state index in [0.29, 0.717) is 28.2 Å². The highest BCUT2D eigenvalue weighted by atomic mass is 35.5. The second-order valence-corrected chi connectivity index (χ2v) is 9.02. The van der Waals surface area contributed by atoms with E-state index in [4.69, 9.17) is 26.1 Å². The third-order valence-electron chi connectivity index (χ3n) is 5.28. The van der Waals surface area contributed by atoms with E-state index < -0.39 is 6.10 Å². The maximum absolute atomic E-state index is 13.6. The molecule has 0 N–H and O–H groups in total. The van der Waals surface area contributed by atoms with Gasteiger partial charge in [-0.15, -0.1) is 12.4 Å². The van der Waals surface area contributed by atoms with Gasteiger partial charge in [0.2, 0.25) is 6.10 Å². The number of thiazole rings is 1. The van der Waals surface area contributed by atoms with Crippen LogP contribution in [0.5, 0.6) is 11.5 Å². The molecule has 5 rings (SSSR count). The summed E-state index contributed by atoms with van der Waals surface area (Å²) in [5.74, 6) is 1.05. The van der Waals surface area contributed by atoms with Crippen molar-refractivity contribution in [3.63, 3.8) is 0 Å². The number of imidazole rings is 1. The van der Waals surface area contributed by atoms with E-state index in [-0.39, 0.29) is 24.9 Å². The Kier molecular flexibility index (Phi) is 7.07. The van der Waals surface area contributed by atoms with Gasteiger partial charge >= 0.3 is 0 Å². The SMILES string of the molecule is Cc1cc(Cl)cc2sc(N(CCCn3ccnc3)C(=O)C3COc4ccccc4O3)nc12.Cl. The Labute approximate surface area is 206 Å². The first kappa shape index (κ1) is 23.4. The Bertz CT molecular complexity index is 1260. The zero-order valence-corrected chi connectivity index (χ0v) is 20.2. The number of carbonyl (C=O) groups excluding carboxylic acids is 1. The summed E-state index contributed by atoms with van der Waals surface area (Å²) in [5, 5.41) is 1.28. The summed E-state index contributed by atoms with van der Waals surface area (Å²) in [6.45, 7) is 3.36. The van der Waals surface area contributed by atoms with Gasteiger partial charge in [0.15, 0.2) is 16.6 Å². The van der Waals surface area contributed by atoms with Crippen LogP contribution < -0.4 is 14.4 Å². The lowest BCUT2D eigenvalue weighted by atomic mass is 10.2. The van der Waals surface area contributed by atoms with Gasteiger partial charge in [-0.3, -0.25) is 9.69 Å². The minimum atomic E-state index is -0.741. The molecule has 0 spiro atoms. The van der Waals surface area contributed by atoms with Crippen molar-refractivity contribution in [2.24, 2.45) is 0 Å². The number of hydrogen-bond acceptors (Lipinski definition) is 6. The van der Waals surface area contributed by atoms with Crippen molar-refractivity contribution in [3.05, 3.63) is 65.7 Å². The Morgan fingerprint density at radius 1 is 1.30 bits per heavy atom. The molecular weight excluding hydrogens is 483 g/mol. The number of amides is 1. The molecule has 0 aliphatic carbocycles. The van der Waals surface area contributed by atoms with Crippen LogP contribution in [0.3, 0.4) is 0 Å². The minimum absolute atomic E-state index is 0. The predicted molar refractivity (Wildman–Crippen MR) is 132 cm³/mol. The van der Waals surface area contributed by atoms with Gasteiger partial charge in [0, 0.05) is 30.5 Å². The van der Waals surface area contributed by atoms with Crippen molar-refractivity contribution in [2.45, 2.75) is 26.0 Å². The summed E-state index contributed by atoms with van der Waals surface area (Å²) in [4.78, 5) is 24.1. The number of anilines is 1. The lowest BCUT2D eigenvalue weighted by Gasteiger charge is -2.29. The van der Waals surface area contributed by atoms with E-state index in [1.807, 2.05) is 48.0 Å². The smallest absolute Gasteiger partial charge is 0.273 e. The molecule has 0 fully saturated rings. The topological polar surface area (TPSA) is 69.5 Å². The largest absolute Gasteiger partial charge is 0.485 e. The van der Waals surface area contributed by atoms with Crippen molar-refractivity contribution >= 4 is 56.6 Å². The second kappa shape index (κ2) is 9.99. The van der Waals surface area contributed by atoms with Crippen LogP contribution in [0.25, 0.3) is 10.2 Å². The summed E-state index contributed by atoms with van der Waals surface area (Å²) in [6.07, 6.45) is 5.42. The monoisotopic (exact) mass is 504 g/mol. The maximum Gasteiger partial charge on any atom is 0.273 e. The van der Waals surface area contributed by atoms with Crippen LogP contribution in [0.4, 0.5) is 5.13 Å². The number of benzene rings is 2. The fourth-order valence-corrected chi connectivity index (χ4v) is 5.16. The molecule has 1 aliphatic heterocycles. The summed E-state index contributed by atoms with van der Waals surface area (Å²) in [7, 11) is 0. The summed E-state index contributed by atoms with van der Waals surface area (Å²) in [6, 6.07) is 11.1. The van der Waals surface area contributed by atoms with Gasteiger partial charge in [0.1, 0.15) is 6.61 Å². The third-order valence-corrected chi connectivity index (χ3v) is 6.52. The Morgan fingerprint density at radius 2 is 2.12 bits per heavy atom. The highest BCUT2D eigenvalue weighted by Gasteiger charge is 2.33. The highest BCUT2D eigenvalue weighted by molar-refractivity contribution is 7.22. The van der Waals surface area contributed by atoms with Gasteiger partial charge in [-0.2, -0.15) is 0 Å². The van der Waals surface area contributed by atoms with Crippen LogP contribution in [0.2, 0.25) is 5.02 Å². The molecule has 1 unspecified atom stereocenters. The number of para-hydroxylation sites is 2. The fourth-order valence-electron chi connectivity index (χ4n) is 3.70. The number of nitrogens with zero attached hydrogens (tertiary/aromatic N) is 4. The molecule has 3 heterocycles. The molecule has 0 saturated carbocycles. The van der Waals surface area contributed by atoms with Crippen molar-refractivity contribution in [3.8, 4) is 11.5 Å². The number of hydrogen-bond donors (Lipinski definition) is 0. The number of ether oxygens (including phenoxy) is 2. The van der Waals surface area contributed by atoms with E-state index in [9.17, 15) is 4.79 Å². The van der Waals surface area contributed by atoms with Crippen LogP contribution in [0, 0.1) is 6.92 Å². The van der Waals surface area contributed by atoms with E-state index in [1.165, 1.54) is 11.3 Å². The predicted octanol–water partition coefficient (Wildman–Crippen LogP) is 5.14. The molecule has 10 heteroatoms. The molecule has 4 aromatic rings. The molecule has 172 valence electrons. The van der Waals surface area contributed by atoms with Gasteiger partial charge < -0.3 is 14.0 Å². The summed E-state index contributed by atoms with van der Waals surface area (Å²) in [5.41, 5.74) is 1.83. The molecule has 2 aromatic heterocycles. The number of halogens is 2. The van der Waals surface area contributed by atoms with Crippen molar-refractivity contribution in [2.75, 3.05) is 18.1 Å². The van der Waals surface area contributed by atoms with Crippen molar-refractivity contribution in [1.29, 1.82) is 0 Å². The van der Waals surface area contributed by atoms with Crippen LogP contribution in [-0.2, 0) is 11.3 Å². The van der Waals surface area contributed by atoms with E-state index in [1.54, 1.807) is 23.5 Å². The molecule has 2 aromatic carbocycles. The van der Waals surface area contributed by atoms with Crippen LogP contribution >= 0.6 is 35.3 Å². The van der Waals surface area contributed by atoms with Gasteiger partial charge in [-0.1, -0.05) is 35.1 Å². The molecule has 1 atom stereocenters. The van der Waals surface area contributed by atoms with Crippen LogP contribution in [-0.4, -0.2) is 39.7 Å². The molecule has 1 amide bonds. The zero-order valence-electron chi connectivity index (χ0n) is 17.8. The Hall–Kier alpha value is -2.81. The number of aryl methyl sites for hydroxylation is 2. The van der Waals surface area contributed by atoms with E-state index in [2.05, 4.69) is 4.98 Å². The Balaban J connectivity index is 0.00000259. The lowest BCUT2D eigenvalue weighted by molar-refractivity contribution is -0.127. The normalized spacial score (nSPS) is 14.7. The van der Waals surface area contributed by atoms with E-state index in [0.717, 1.165) is 28.7 Å². The molecule has 1 aliphatic rings. The number of carbonyl (C=O) groups is 1. The number of aromatic nitrogens is 3. The van der Waals surface area contributed by atoms with E-state index >= 15 is 0 Å². The van der Waals surface area contributed by atoms with Gasteiger partial charge in [0.25, 0.3) is 5.91 Å². The highest BCUT2D eigenvalue weighted by Crippen LogP contribution is 2.35. The quantitative estimate of drug-likeness (QED) is 0.363. The first-order valence-electron chi connectivity index (χ1n) is 10.3. The number of rotatable bonds is 6. The average molecular weight is 505 g/mol.